The van der Waals surface area contributed by atoms with E-state index in [1.807, 2.05) is 0 Å². The van der Waals surface area contributed by atoms with Crippen molar-refractivity contribution in [2.75, 3.05) is 33.4 Å². The molecule has 0 atom stereocenters. The summed E-state index contributed by atoms with van der Waals surface area (Å²) in [4.78, 5) is 23.2. The SMILES string of the molecule is CN(CCOCC1CC1)C(=O)NC/C=C/C(=O)O. The highest BCUT2D eigenvalue weighted by atomic mass is 16.5. The summed E-state index contributed by atoms with van der Waals surface area (Å²) >= 11 is 0. The van der Waals surface area contributed by atoms with Crippen molar-refractivity contribution in [1.82, 2.24) is 10.2 Å². The summed E-state index contributed by atoms with van der Waals surface area (Å²) in [6.45, 7) is 2.06. The van der Waals surface area contributed by atoms with Crippen molar-refractivity contribution in [3.63, 3.8) is 0 Å². The highest BCUT2D eigenvalue weighted by Crippen LogP contribution is 2.28. The van der Waals surface area contributed by atoms with E-state index < -0.39 is 5.97 Å². The number of aliphatic carboxylic acids is 1. The number of nitrogens with one attached hydrogen (secondary N) is 1. The lowest BCUT2D eigenvalue weighted by atomic mass is 10.5. The first-order chi connectivity index (χ1) is 8.59. The fraction of sp³-hybridized carbons (Fsp3) is 0.667. The number of carboxylic acids is 1. The molecule has 2 amide bonds. The maximum absolute atomic E-state index is 11.5. The molecule has 6 nitrogen and oxygen atoms in total. The van der Waals surface area contributed by atoms with Crippen LogP contribution in [0.5, 0.6) is 0 Å². The van der Waals surface area contributed by atoms with Crippen LogP contribution in [0.25, 0.3) is 0 Å². The molecule has 102 valence electrons. The van der Waals surface area contributed by atoms with E-state index in [0.29, 0.717) is 13.2 Å². The lowest BCUT2D eigenvalue weighted by Crippen LogP contribution is -2.39. The molecule has 0 aliphatic heterocycles. The Bertz CT molecular complexity index is 313. The van der Waals surface area contributed by atoms with Gasteiger partial charge in [0.15, 0.2) is 0 Å². The Balaban J connectivity index is 2.02. The van der Waals surface area contributed by atoms with Gasteiger partial charge in [0.05, 0.1) is 6.61 Å². The molecule has 0 heterocycles. The van der Waals surface area contributed by atoms with Gasteiger partial charge in [0, 0.05) is 32.8 Å². The van der Waals surface area contributed by atoms with Crippen LogP contribution in [0.4, 0.5) is 4.79 Å². The highest BCUT2D eigenvalue weighted by Gasteiger charge is 2.21. The third-order valence-electron chi connectivity index (χ3n) is 2.60. The second-order valence-electron chi connectivity index (χ2n) is 4.37. The van der Waals surface area contributed by atoms with Crippen LogP contribution < -0.4 is 5.32 Å². The summed E-state index contributed by atoms with van der Waals surface area (Å²) in [5.41, 5.74) is 0. The molecule has 1 aliphatic carbocycles. The molecule has 0 spiro atoms. The van der Waals surface area contributed by atoms with Crippen molar-refractivity contribution in [2.45, 2.75) is 12.8 Å². The highest BCUT2D eigenvalue weighted by molar-refractivity contribution is 5.80. The topological polar surface area (TPSA) is 78.9 Å². The second-order valence-corrected chi connectivity index (χ2v) is 4.37. The number of carboxylic acid groups (broad SMARTS) is 1. The predicted octanol–water partition coefficient (Wildman–Crippen LogP) is 0.695. The van der Waals surface area contributed by atoms with Gasteiger partial charge in [0.1, 0.15) is 0 Å². The Morgan fingerprint density at radius 2 is 2.22 bits per heavy atom. The quantitative estimate of drug-likeness (QED) is 0.495. The second kappa shape index (κ2) is 7.71. The molecule has 0 radical (unpaired) electrons. The van der Waals surface area contributed by atoms with Crippen LogP contribution in [-0.4, -0.2) is 55.4 Å². The van der Waals surface area contributed by atoms with Gasteiger partial charge in [0.25, 0.3) is 0 Å². The molecule has 1 rings (SSSR count). The van der Waals surface area contributed by atoms with E-state index in [2.05, 4.69) is 5.32 Å². The molecule has 0 aromatic rings. The van der Waals surface area contributed by atoms with Gasteiger partial charge in [-0.25, -0.2) is 9.59 Å². The Kier molecular flexibility index (Phi) is 6.21. The first-order valence-electron chi connectivity index (χ1n) is 6.05. The molecule has 0 unspecified atom stereocenters. The van der Waals surface area contributed by atoms with Crippen molar-refractivity contribution < 1.29 is 19.4 Å². The minimum atomic E-state index is -1.02. The average Bonchev–Trinajstić information content (AvgIpc) is 3.13. The van der Waals surface area contributed by atoms with Crippen LogP contribution in [0.15, 0.2) is 12.2 Å². The molecule has 18 heavy (non-hydrogen) atoms. The summed E-state index contributed by atoms with van der Waals surface area (Å²) in [7, 11) is 1.68. The molecular formula is C12H20N2O4. The zero-order chi connectivity index (χ0) is 13.4. The summed E-state index contributed by atoms with van der Waals surface area (Å²) in [6.07, 6.45) is 4.90. The molecule has 1 saturated carbocycles. The Hall–Kier alpha value is -1.56. The van der Waals surface area contributed by atoms with Crippen molar-refractivity contribution in [3.8, 4) is 0 Å². The van der Waals surface area contributed by atoms with Crippen LogP contribution >= 0.6 is 0 Å². The van der Waals surface area contributed by atoms with Gasteiger partial charge in [-0.15, -0.1) is 0 Å². The van der Waals surface area contributed by atoms with Crippen LogP contribution in [0.1, 0.15) is 12.8 Å². The zero-order valence-electron chi connectivity index (χ0n) is 10.6. The van der Waals surface area contributed by atoms with E-state index in [1.165, 1.54) is 23.8 Å². The largest absolute Gasteiger partial charge is 0.478 e. The van der Waals surface area contributed by atoms with E-state index in [4.69, 9.17) is 9.84 Å². The fourth-order valence-corrected chi connectivity index (χ4v) is 1.28. The molecule has 0 aromatic heterocycles. The minimum absolute atomic E-state index is 0.207. The van der Waals surface area contributed by atoms with Gasteiger partial charge >= 0.3 is 12.0 Å². The van der Waals surface area contributed by atoms with Gasteiger partial charge in [-0.1, -0.05) is 6.08 Å². The lowest BCUT2D eigenvalue weighted by Gasteiger charge is -2.17. The summed E-state index contributed by atoms with van der Waals surface area (Å²) in [6, 6.07) is -0.236. The van der Waals surface area contributed by atoms with Gasteiger partial charge in [-0.2, -0.15) is 0 Å². The smallest absolute Gasteiger partial charge is 0.328 e. The van der Waals surface area contributed by atoms with E-state index in [9.17, 15) is 9.59 Å². The van der Waals surface area contributed by atoms with E-state index in [1.54, 1.807) is 7.05 Å². The van der Waals surface area contributed by atoms with Crippen LogP contribution in [0, 0.1) is 5.92 Å². The molecule has 1 aliphatic rings. The van der Waals surface area contributed by atoms with Crippen molar-refractivity contribution in [1.29, 1.82) is 0 Å². The van der Waals surface area contributed by atoms with E-state index >= 15 is 0 Å². The Labute approximate surface area is 107 Å². The summed E-state index contributed by atoms with van der Waals surface area (Å²) in [5, 5.41) is 10.9. The average molecular weight is 256 g/mol. The predicted molar refractivity (Wildman–Crippen MR) is 66.3 cm³/mol. The number of likely N-dealkylation sites (N-methyl/N-ethyl adjacent to an activating group) is 1. The normalized spacial score (nSPS) is 14.7. The van der Waals surface area contributed by atoms with E-state index in [-0.39, 0.29) is 12.6 Å². The summed E-state index contributed by atoms with van der Waals surface area (Å²) in [5.74, 6) is -0.295. The number of urea groups is 1. The maximum Gasteiger partial charge on any atom is 0.328 e. The third kappa shape index (κ3) is 6.90. The molecule has 2 N–H and O–H groups in total. The molecule has 6 heteroatoms. The van der Waals surface area contributed by atoms with Crippen LogP contribution in [-0.2, 0) is 9.53 Å². The van der Waals surface area contributed by atoms with Gasteiger partial charge in [0.2, 0.25) is 0 Å². The lowest BCUT2D eigenvalue weighted by molar-refractivity contribution is -0.131. The fourth-order valence-electron chi connectivity index (χ4n) is 1.28. The van der Waals surface area contributed by atoms with Crippen LogP contribution in [0.2, 0.25) is 0 Å². The van der Waals surface area contributed by atoms with E-state index in [0.717, 1.165) is 18.6 Å². The molecular weight excluding hydrogens is 236 g/mol. The summed E-state index contributed by atoms with van der Waals surface area (Å²) < 4.78 is 5.42. The molecule has 0 aromatic carbocycles. The number of carbonyl (C=O) groups is 2. The zero-order valence-corrected chi connectivity index (χ0v) is 10.6. The maximum atomic E-state index is 11.5. The Morgan fingerprint density at radius 3 is 2.83 bits per heavy atom. The first-order valence-corrected chi connectivity index (χ1v) is 6.05. The number of rotatable bonds is 8. The van der Waals surface area contributed by atoms with Gasteiger partial charge in [-0.05, 0) is 18.8 Å². The monoisotopic (exact) mass is 256 g/mol. The number of amides is 2. The number of nitrogens with zero attached hydrogens (tertiary/aromatic N) is 1. The minimum Gasteiger partial charge on any atom is -0.478 e. The van der Waals surface area contributed by atoms with Crippen molar-refractivity contribution >= 4 is 12.0 Å². The molecule has 0 bridgehead atoms. The van der Waals surface area contributed by atoms with Crippen molar-refractivity contribution in [3.05, 3.63) is 12.2 Å². The first kappa shape index (κ1) is 14.5. The Morgan fingerprint density at radius 1 is 1.50 bits per heavy atom. The number of hydrogen-bond acceptors (Lipinski definition) is 3. The third-order valence-corrected chi connectivity index (χ3v) is 2.60. The standard InChI is InChI=1S/C12H20N2O4/c1-14(7-8-18-9-10-4-5-10)12(17)13-6-2-3-11(15)16/h2-3,10H,4-9H2,1H3,(H,13,17)(H,15,16)/b3-2+. The molecule has 1 fully saturated rings. The van der Waals surface area contributed by atoms with Gasteiger partial charge in [-0.3, -0.25) is 0 Å². The van der Waals surface area contributed by atoms with Crippen molar-refractivity contribution in [2.24, 2.45) is 5.92 Å². The number of hydrogen-bond donors (Lipinski definition) is 2. The number of carbonyl (C=O) groups excluding carboxylic acids is 1. The van der Waals surface area contributed by atoms with Crippen LogP contribution in [0.3, 0.4) is 0 Å². The number of ether oxygens (including phenoxy) is 1. The molecule has 0 saturated heterocycles. The van der Waals surface area contributed by atoms with Gasteiger partial charge < -0.3 is 20.1 Å².